The van der Waals surface area contributed by atoms with Crippen LogP contribution in [0.5, 0.6) is 0 Å². The third-order valence-corrected chi connectivity index (χ3v) is 3.07. The van der Waals surface area contributed by atoms with Gasteiger partial charge in [0.05, 0.1) is 12.2 Å². The van der Waals surface area contributed by atoms with Gasteiger partial charge in [0.1, 0.15) is 0 Å². The smallest absolute Gasteiger partial charge is 0.391 e. The van der Waals surface area contributed by atoms with Gasteiger partial charge in [-0.15, -0.1) is 11.8 Å². The first-order valence-corrected chi connectivity index (χ1v) is 5.59. The van der Waals surface area contributed by atoms with E-state index in [0.29, 0.717) is 17.1 Å². The predicted octanol–water partition coefficient (Wildman–Crippen LogP) is 1.77. The molecule has 0 aromatic heterocycles. The Balaban J connectivity index is 3.76. The van der Waals surface area contributed by atoms with Crippen molar-refractivity contribution in [2.45, 2.75) is 31.3 Å². The highest BCUT2D eigenvalue weighted by Crippen LogP contribution is 2.21. The normalized spacial score (nSPS) is 14.3. The summed E-state index contributed by atoms with van der Waals surface area (Å²) in [7, 11) is 1.87. The van der Waals surface area contributed by atoms with Gasteiger partial charge >= 0.3 is 5.97 Å². The molecule has 4 heteroatoms. The average molecular weight is 218 g/mol. The minimum absolute atomic E-state index is 0.0255. The summed E-state index contributed by atoms with van der Waals surface area (Å²) in [5.74, 6) is 0.0255. The van der Waals surface area contributed by atoms with Crippen molar-refractivity contribution in [3.05, 3.63) is 12.3 Å². The zero-order valence-corrected chi connectivity index (χ0v) is 10.1. The molecule has 0 fully saturated rings. The number of thioether (sulfide) groups is 1. The number of esters is 1. The molecule has 0 aliphatic heterocycles. The second-order valence-electron chi connectivity index (χ2n) is 3.19. The van der Waals surface area contributed by atoms with Gasteiger partial charge in [0.2, 0.25) is 0 Å². The number of carbonyl (C=O) groups excluding carboxylic acids is 1. The van der Waals surface area contributed by atoms with E-state index in [-0.39, 0.29) is 5.97 Å². The Hall–Kier alpha value is -0.640. The molecule has 0 aliphatic rings. The van der Waals surface area contributed by atoms with E-state index in [4.69, 9.17) is 9.53 Å². The van der Waals surface area contributed by atoms with Crippen LogP contribution in [0.4, 0.5) is 0 Å². The van der Waals surface area contributed by atoms with Crippen LogP contribution in [0.15, 0.2) is 12.3 Å². The molecule has 0 amide bonds. The van der Waals surface area contributed by atoms with E-state index in [1.807, 2.05) is 7.05 Å². The molecule has 0 saturated heterocycles. The summed E-state index contributed by atoms with van der Waals surface area (Å²) in [6.07, 6.45) is 0. The fourth-order valence-electron chi connectivity index (χ4n) is 0.911. The van der Waals surface area contributed by atoms with E-state index in [0.717, 1.165) is 5.70 Å². The first-order chi connectivity index (χ1) is 6.47. The molecule has 2 N–H and O–H groups in total. The molecule has 0 aromatic carbocycles. The molecule has 0 saturated carbocycles. The molecule has 1 unspecified atom stereocenters. The monoisotopic (exact) mass is 218 g/mol. The molecule has 0 bridgehead atoms. The molecule has 14 heavy (non-hydrogen) atoms. The van der Waals surface area contributed by atoms with Gasteiger partial charge in [0.25, 0.3) is 0 Å². The largest absolute Gasteiger partial charge is 0.479 e. The van der Waals surface area contributed by atoms with Gasteiger partial charge in [-0.2, -0.15) is 0 Å². The van der Waals surface area contributed by atoms with Crippen molar-refractivity contribution in [2.24, 2.45) is 0 Å². The van der Waals surface area contributed by atoms with Crippen molar-refractivity contribution in [3.8, 4) is 0 Å². The van der Waals surface area contributed by atoms with Crippen LogP contribution in [0.3, 0.4) is 0 Å². The number of ether oxygens (including phenoxy) is 1. The Labute approximate surface area is 90.3 Å². The molecule has 0 aromatic rings. The van der Waals surface area contributed by atoms with E-state index in [1.165, 1.54) is 6.92 Å². The zero-order chi connectivity index (χ0) is 11.1. The molecule has 3 nitrogen and oxygen atoms in total. The summed E-state index contributed by atoms with van der Waals surface area (Å²) in [4.78, 5) is 8.85. The van der Waals surface area contributed by atoms with E-state index < -0.39 is 0 Å². The van der Waals surface area contributed by atoms with E-state index in [9.17, 15) is 0 Å². The van der Waals surface area contributed by atoms with Crippen molar-refractivity contribution < 1.29 is 9.53 Å². The highest BCUT2D eigenvalue weighted by molar-refractivity contribution is 8.00. The molecule has 0 spiro atoms. The summed E-state index contributed by atoms with van der Waals surface area (Å²) >= 11 is 1.76. The molecule has 0 heterocycles. The molecule has 82 valence electrons. The Bertz CT molecular complexity index is 206. The predicted molar refractivity (Wildman–Crippen MR) is 63.3 cm³/mol. The van der Waals surface area contributed by atoms with E-state index in [2.05, 4.69) is 25.7 Å². The van der Waals surface area contributed by atoms with Gasteiger partial charge in [0.15, 0.2) is 6.61 Å². The van der Waals surface area contributed by atoms with Crippen LogP contribution >= 0.6 is 11.8 Å². The van der Waals surface area contributed by atoms with Crippen molar-refractivity contribution in [1.82, 2.24) is 5.32 Å². The molecule has 2 atom stereocenters. The molecular formula is C10H20NO2S+. The first kappa shape index (κ1) is 13.4. The molecule has 0 aliphatic carbocycles. The standard InChI is InChI=1S/C10H19NO2S/c1-7(6-13-10(4)12)14-9(3)8(2)11-5/h7,9,11H,2,6H2,1,3-5H3/p+1/t7-,9?/m0/s1. The summed E-state index contributed by atoms with van der Waals surface area (Å²) < 4.78 is 5.02. The van der Waals surface area contributed by atoms with Crippen LogP contribution in [0.25, 0.3) is 0 Å². The van der Waals surface area contributed by atoms with Crippen molar-refractivity contribution in [1.29, 1.82) is 0 Å². The quantitative estimate of drug-likeness (QED) is 0.546. The second-order valence-corrected chi connectivity index (χ2v) is 4.98. The van der Waals surface area contributed by atoms with E-state index in [1.54, 1.807) is 11.8 Å². The first-order valence-electron chi connectivity index (χ1n) is 4.64. The third kappa shape index (κ3) is 5.91. The van der Waals surface area contributed by atoms with E-state index >= 15 is 0 Å². The average Bonchev–Trinajstić information content (AvgIpc) is 2.13. The van der Waals surface area contributed by atoms with Crippen LogP contribution in [0, 0.1) is 0 Å². The summed E-state index contributed by atoms with van der Waals surface area (Å²) in [5.41, 5.74) is 1.01. The van der Waals surface area contributed by atoms with Gasteiger partial charge in [-0.25, -0.2) is 0 Å². The maximum absolute atomic E-state index is 8.85. The molecule has 0 rings (SSSR count). The topological polar surface area (TPSA) is 42.7 Å². The minimum Gasteiger partial charge on any atom is -0.391 e. The number of nitrogens with one attached hydrogen (secondary N) is 1. The van der Waals surface area contributed by atoms with Crippen LogP contribution in [0.2, 0.25) is 0 Å². The Morgan fingerprint density at radius 3 is 2.57 bits per heavy atom. The maximum Gasteiger partial charge on any atom is 0.479 e. The van der Waals surface area contributed by atoms with Crippen molar-refractivity contribution >= 4 is 17.7 Å². The number of hydrogen-bond acceptors (Lipinski definition) is 3. The number of hydrogen-bond donors (Lipinski definition) is 1. The fourth-order valence-corrected chi connectivity index (χ4v) is 2.04. The second kappa shape index (κ2) is 6.76. The lowest BCUT2D eigenvalue weighted by atomic mass is 10.4. The van der Waals surface area contributed by atoms with Crippen LogP contribution in [0.1, 0.15) is 20.8 Å². The Morgan fingerprint density at radius 2 is 2.14 bits per heavy atom. The molecular weight excluding hydrogens is 198 g/mol. The highest BCUT2D eigenvalue weighted by atomic mass is 32.2. The summed E-state index contributed by atoms with van der Waals surface area (Å²) in [6.45, 7) is 10.1. The van der Waals surface area contributed by atoms with Gasteiger partial charge in [-0.3, -0.25) is 0 Å². The minimum atomic E-state index is 0.0255. The Morgan fingerprint density at radius 1 is 1.57 bits per heavy atom. The van der Waals surface area contributed by atoms with Gasteiger partial charge in [-0.1, -0.05) is 6.58 Å². The summed E-state index contributed by atoms with van der Waals surface area (Å²) in [6, 6.07) is 0. The lowest BCUT2D eigenvalue weighted by Crippen LogP contribution is -2.19. The SMILES string of the molecule is C=C(NC)C(C)S[C@@H](C)COC(C)=[OH+]. The Kier molecular flexibility index (Phi) is 6.45. The van der Waals surface area contributed by atoms with Crippen LogP contribution in [-0.2, 0) is 4.74 Å². The zero-order valence-electron chi connectivity index (χ0n) is 9.33. The van der Waals surface area contributed by atoms with Crippen LogP contribution in [-0.4, -0.2) is 34.9 Å². The van der Waals surface area contributed by atoms with Crippen molar-refractivity contribution in [3.63, 3.8) is 0 Å². The van der Waals surface area contributed by atoms with Gasteiger partial charge < -0.3 is 14.8 Å². The molecule has 0 radical (unpaired) electrons. The highest BCUT2D eigenvalue weighted by Gasteiger charge is 2.15. The van der Waals surface area contributed by atoms with Crippen LogP contribution < -0.4 is 5.32 Å². The van der Waals surface area contributed by atoms with Gasteiger partial charge in [0, 0.05) is 18.0 Å². The fraction of sp³-hybridized carbons (Fsp3) is 0.700. The number of rotatable bonds is 6. The summed E-state index contributed by atoms with van der Waals surface area (Å²) in [5, 5.41) is 3.70. The maximum atomic E-state index is 8.85. The van der Waals surface area contributed by atoms with Crippen molar-refractivity contribution in [2.75, 3.05) is 13.7 Å². The third-order valence-electron chi connectivity index (χ3n) is 1.78. The lowest BCUT2D eigenvalue weighted by molar-refractivity contribution is 0.275. The lowest BCUT2D eigenvalue weighted by Gasteiger charge is -2.16. The van der Waals surface area contributed by atoms with Gasteiger partial charge in [-0.05, 0) is 13.8 Å².